The van der Waals surface area contributed by atoms with E-state index in [0.717, 1.165) is 0 Å². The van der Waals surface area contributed by atoms with Gasteiger partial charge in [-0.1, -0.05) is 91.3 Å². The maximum atomic E-state index is 16.2. The quantitative estimate of drug-likeness (QED) is 0.00761. The number of benzene rings is 6. The maximum Gasteiger partial charge on any atom is 0.437 e. The van der Waals surface area contributed by atoms with Crippen molar-refractivity contribution in [2.45, 2.75) is 281 Å². The zero-order chi connectivity index (χ0) is 101. The van der Waals surface area contributed by atoms with E-state index in [-0.39, 0.29) is 63.5 Å². The number of unbranched alkanes of at least 4 members (excludes halogenated alkanes) is 2. The summed E-state index contributed by atoms with van der Waals surface area (Å²) in [5.74, 6) is -7.49. The second kappa shape index (κ2) is 47.2. The number of aliphatic imine (C=N–C) groups is 2. The summed E-state index contributed by atoms with van der Waals surface area (Å²) in [6.07, 6.45) is -10.1. The molecule has 0 fully saturated rings. The van der Waals surface area contributed by atoms with Crippen LogP contribution in [0, 0.1) is 0 Å². The molecule has 0 aliphatic rings. The summed E-state index contributed by atoms with van der Waals surface area (Å²) in [7, 11) is -11.1. The zero-order valence-corrected chi connectivity index (χ0v) is 82.5. The van der Waals surface area contributed by atoms with Gasteiger partial charge in [0.2, 0.25) is 11.9 Å². The first-order valence-electron chi connectivity index (χ1n) is 43.2. The summed E-state index contributed by atoms with van der Waals surface area (Å²) in [6.45, 7) is 33.2. The van der Waals surface area contributed by atoms with Gasteiger partial charge in [-0.2, -0.15) is 34.1 Å². The van der Waals surface area contributed by atoms with Crippen molar-refractivity contribution in [3.05, 3.63) is 191 Å². The van der Waals surface area contributed by atoms with Crippen molar-refractivity contribution >= 4 is 116 Å². The van der Waals surface area contributed by atoms with E-state index in [2.05, 4.69) is 31.3 Å². The molecule has 38 nitrogen and oxygen atoms in total. The average Bonchev–Trinajstić information content (AvgIpc) is 0.780. The van der Waals surface area contributed by atoms with E-state index in [1.165, 1.54) is 180 Å². The minimum absolute atomic E-state index is 0.00578. The summed E-state index contributed by atoms with van der Waals surface area (Å²) in [5.41, 5.74) is -7.59. The van der Waals surface area contributed by atoms with Gasteiger partial charge in [0.15, 0.2) is 0 Å². The number of alkyl carbamates (subject to hydrolysis) is 2. The normalized spacial score (nSPS) is 13.0. The minimum Gasteiger partial charge on any atom is -0.460 e. The first-order valence-corrected chi connectivity index (χ1v) is 46.0. The van der Waals surface area contributed by atoms with Crippen LogP contribution < -0.4 is 30.7 Å². The van der Waals surface area contributed by atoms with E-state index in [4.69, 9.17) is 56.8 Å². The Morgan fingerprint density at radius 2 is 0.622 bits per heavy atom. The number of hydrogen-bond acceptors (Lipinski definition) is 28. The number of rotatable bonds is 32. The number of anilines is 2. The SMILES string of the molecule is CC(C)(C)OC(=O)C[C@@H](C(=O)OC(C)(C)C)N(CCCCCN([C@@H](CC(=O)OC(C)(C)C)C(=O)OC(C)(C)C)S(=O)(=O)N(Cc1ccc(OC(=O)c2ccc(NC(=NC(=O)OC(C)(C)C)NC(=O)OC(C)(C)C)cc2)cc1)C(=O)OCc1ccccc1)S(=O)(=O)N(Cc1ccc(OC(=O)c2ccc(NC(=NC(=O)OC(C)(C)C)NC(=O)OC(C)(C)C)cc2)cc1)C(=O)OCc1ccccc1. The monoisotopic (exact) mass is 1920 g/mol. The largest absolute Gasteiger partial charge is 0.460 e. The highest BCUT2D eigenvalue weighted by molar-refractivity contribution is 7.87. The lowest BCUT2D eigenvalue weighted by atomic mass is 10.1. The molecule has 4 N–H and O–H groups in total. The average molecular weight is 1920 g/mol. The van der Waals surface area contributed by atoms with Gasteiger partial charge < -0.3 is 67.5 Å². The molecular formula is C95H126N10O28S2. The van der Waals surface area contributed by atoms with Crippen LogP contribution in [-0.4, -0.2) is 188 Å². The molecule has 6 rings (SSSR count). The van der Waals surface area contributed by atoms with Gasteiger partial charge in [0.05, 0.1) is 37.1 Å². The van der Waals surface area contributed by atoms with E-state index >= 15 is 16.8 Å². The standard InChI is InChI=1S/C95H126N10O28S2/c1-88(2,3)126-74(106)56-72(78(110)128-90(7,8)9)102(134(118,119)104(86(116)122-60-64-34-28-25-29-35-64)58-62-38-50-70(51-39-62)124-76(108)66-42-46-68(47-43-66)96-80(98-82(112)130-92(13,14)15)99-83(113)131-93(16,17)18)54-32-27-33-55-103(73(79(111)129-91(10,11)12)57-75(107)127-89(4,5)6)135(120,121)105(87(117)123-61-65-36-30-26-31-37-65)59-63-40-52-71(53-41-63)125-77(109)67-44-48-69(49-45-67)97-81(100-84(114)132-94(19,20)21)101-85(115)133-95(22,23)24/h25-26,28-31,34-53,72-73H,27,32-33,54-61H2,1-24H3,(H2,96,98,99,112,113)(H2,97,100,101,114,115)/t72-,73-/m0/s1. The van der Waals surface area contributed by atoms with E-state index < -0.39 is 215 Å². The minimum atomic E-state index is -5.57. The fraction of sp³-hybridized carbons (Fsp3) is 0.474. The summed E-state index contributed by atoms with van der Waals surface area (Å²) in [5, 5.41) is 10.3. The van der Waals surface area contributed by atoms with Crippen LogP contribution in [0.25, 0.3) is 0 Å². The number of nitrogens with zero attached hydrogens (tertiary/aromatic N) is 6. The number of ether oxygens (including phenoxy) is 12. The van der Waals surface area contributed by atoms with Crippen molar-refractivity contribution in [3.63, 3.8) is 0 Å². The van der Waals surface area contributed by atoms with Crippen molar-refractivity contribution in [1.29, 1.82) is 0 Å². The Hall–Kier alpha value is -13.1. The van der Waals surface area contributed by atoms with Gasteiger partial charge in [0, 0.05) is 24.5 Å². The van der Waals surface area contributed by atoms with Crippen LogP contribution in [0.1, 0.15) is 241 Å². The molecule has 0 radical (unpaired) electrons. The van der Waals surface area contributed by atoms with Gasteiger partial charge in [-0.3, -0.25) is 29.8 Å². The number of guanidine groups is 2. The van der Waals surface area contributed by atoms with Gasteiger partial charge in [-0.05, 0) is 274 Å². The van der Waals surface area contributed by atoms with Crippen molar-refractivity contribution in [1.82, 2.24) is 27.9 Å². The molecule has 0 spiro atoms. The van der Waals surface area contributed by atoms with Crippen LogP contribution in [0.5, 0.6) is 11.5 Å². The van der Waals surface area contributed by atoms with Crippen molar-refractivity contribution in [3.8, 4) is 11.5 Å². The number of carbonyl (C=O) groups is 12. The number of esters is 6. The molecule has 6 amide bonds. The second-order valence-electron chi connectivity index (χ2n) is 38.7. The highest BCUT2D eigenvalue weighted by atomic mass is 32.2. The Bertz CT molecular complexity index is 5080. The summed E-state index contributed by atoms with van der Waals surface area (Å²) in [4.78, 5) is 175. The molecule has 6 aromatic rings. The van der Waals surface area contributed by atoms with Crippen molar-refractivity contribution in [2.75, 3.05) is 23.7 Å². The third-order valence-corrected chi connectivity index (χ3v) is 20.7. The molecule has 0 saturated heterocycles. The zero-order valence-electron chi connectivity index (χ0n) is 80.9. The maximum absolute atomic E-state index is 16.2. The Morgan fingerprint density at radius 1 is 0.333 bits per heavy atom. The number of carbonyl (C=O) groups excluding carboxylic acids is 12. The first kappa shape index (κ1) is 111. The smallest absolute Gasteiger partial charge is 0.437 e. The third kappa shape index (κ3) is 40.7. The summed E-state index contributed by atoms with van der Waals surface area (Å²) < 4.78 is 134. The van der Waals surface area contributed by atoms with Gasteiger partial charge >= 0.3 is 92.8 Å². The van der Waals surface area contributed by atoms with Gasteiger partial charge in [0.1, 0.15) is 81.6 Å². The molecular weight excluding hydrogens is 1790 g/mol. The summed E-state index contributed by atoms with van der Waals surface area (Å²) >= 11 is 0. The molecule has 0 aliphatic carbocycles. The molecule has 40 heteroatoms. The molecule has 0 aliphatic heterocycles. The van der Waals surface area contributed by atoms with E-state index in [1.54, 1.807) is 144 Å². The highest BCUT2D eigenvalue weighted by Crippen LogP contribution is 2.31. The molecule has 135 heavy (non-hydrogen) atoms. The molecule has 0 saturated carbocycles. The molecule has 0 aromatic heterocycles. The molecule has 736 valence electrons. The topological polar surface area (TPSA) is 470 Å². The van der Waals surface area contributed by atoms with Crippen LogP contribution in [0.3, 0.4) is 0 Å². The van der Waals surface area contributed by atoms with Crippen LogP contribution in [0.2, 0.25) is 0 Å². The van der Waals surface area contributed by atoms with Gasteiger partial charge in [-0.15, -0.1) is 9.98 Å². The lowest BCUT2D eigenvalue weighted by Gasteiger charge is -2.35. The fourth-order valence-corrected chi connectivity index (χ4v) is 15.0. The molecule has 0 unspecified atom stereocenters. The first-order chi connectivity index (χ1) is 62.3. The predicted octanol–water partition coefficient (Wildman–Crippen LogP) is 16.7. The summed E-state index contributed by atoms with van der Waals surface area (Å²) in [6, 6.07) is 33.5. The Labute approximate surface area is 788 Å². The van der Waals surface area contributed by atoms with Crippen LogP contribution in [-0.2, 0) is 113 Å². The van der Waals surface area contributed by atoms with Crippen LogP contribution in [0.15, 0.2) is 168 Å². The van der Waals surface area contributed by atoms with E-state index in [0.29, 0.717) is 28.3 Å². The van der Waals surface area contributed by atoms with Crippen LogP contribution in [0.4, 0.5) is 40.1 Å². The molecule has 2 atom stereocenters. The van der Waals surface area contributed by atoms with Crippen LogP contribution >= 0.6 is 0 Å². The van der Waals surface area contributed by atoms with Crippen molar-refractivity contribution in [2.24, 2.45) is 9.98 Å². The van der Waals surface area contributed by atoms with Gasteiger partial charge in [-0.25, -0.2) is 38.4 Å². The highest BCUT2D eigenvalue weighted by Gasteiger charge is 2.47. The van der Waals surface area contributed by atoms with E-state index in [1.807, 2.05) is 0 Å². The molecule has 6 aromatic carbocycles. The number of nitrogens with one attached hydrogen (secondary N) is 4. The lowest BCUT2D eigenvalue weighted by Crippen LogP contribution is -2.55. The Balaban J connectivity index is 1.40. The third-order valence-electron chi connectivity index (χ3n) is 17.0. The lowest BCUT2D eigenvalue weighted by molar-refractivity contribution is -0.167. The van der Waals surface area contributed by atoms with Crippen molar-refractivity contribution < 1.29 is 131 Å². The fourth-order valence-electron chi connectivity index (χ4n) is 11.7. The van der Waals surface area contributed by atoms with E-state index in [9.17, 15) is 57.5 Å². The molecule has 0 bridgehead atoms. The predicted molar refractivity (Wildman–Crippen MR) is 499 cm³/mol. The Kier molecular flexibility index (Phi) is 38.7. The Morgan fingerprint density at radius 3 is 0.904 bits per heavy atom. The molecule has 0 heterocycles. The number of hydrogen-bond donors (Lipinski definition) is 4. The second-order valence-corrected chi connectivity index (χ2v) is 42.3. The van der Waals surface area contributed by atoms with Gasteiger partial charge in [0.25, 0.3) is 0 Å². The number of amides is 6.